The molecule has 2 aromatic carbocycles. The Balaban J connectivity index is 2.51. The SMILES string of the molecule is COc1cc(NC(=O)c2cc(OC)c(OC)cc2[N+](=O)[O-])c(OC)cc1Cl. The summed E-state index contributed by atoms with van der Waals surface area (Å²) in [5.74, 6) is 0.123. The lowest BCUT2D eigenvalue weighted by atomic mass is 10.1. The van der Waals surface area contributed by atoms with Crippen LogP contribution in [0.1, 0.15) is 10.4 Å². The first-order valence-corrected chi connectivity index (χ1v) is 7.87. The number of carbonyl (C=O) groups excluding carboxylic acids is 1. The van der Waals surface area contributed by atoms with E-state index in [1.165, 1.54) is 46.6 Å². The van der Waals surface area contributed by atoms with Crippen molar-refractivity contribution in [3.05, 3.63) is 45.0 Å². The minimum Gasteiger partial charge on any atom is -0.495 e. The molecule has 10 heteroatoms. The van der Waals surface area contributed by atoms with Gasteiger partial charge in [0.15, 0.2) is 11.5 Å². The largest absolute Gasteiger partial charge is 0.495 e. The lowest BCUT2D eigenvalue weighted by Crippen LogP contribution is -2.15. The lowest BCUT2D eigenvalue weighted by Gasteiger charge is -2.14. The number of nitro groups is 1. The Morgan fingerprint density at radius 2 is 1.48 bits per heavy atom. The standard InChI is InChI=1S/C17H17ClN2O7/c1-24-13-7-11(14(25-2)6-10(13)18)19-17(21)9-5-15(26-3)16(27-4)8-12(9)20(22)23/h5-8H,1-4H3,(H,19,21). The molecule has 0 aromatic heterocycles. The van der Waals surface area contributed by atoms with Gasteiger partial charge in [-0.3, -0.25) is 14.9 Å². The average molecular weight is 397 g/mol. The zero-order chi connectivity index (χ0) is 20.1. The fourth-order valence-corrected chi connectivity index (χ4v) is 2.58. The third kappa shape index (κ3) is 4.14. The van der Waals surface area contributed by atoms with Crippen LogP contribution in [-0.2, 0) is 0 Å². The van der Waals surface area contributed by atoms with E-state index in [9.17, 15) is 14.9 Å². The van der Waals surface area contributed by atoms with Crippen LogP contribution in [0, 0.1) is 10.1 Å². The molecule has 0 aliphatic carbocycles. The van der Waals surface area contributed by atoms with Gasteiger partial charge >= 0.3 is 0 Å². The molecule has 0 heterocycles. The molecule has 2 aromatic rings. The number of nitrogens with one attached hydrogen (secondary N) is 1. The number of hydrogen-bond acceptors (Lipinski definition) is 7. The molecule has 1 amide bonds. The fourth-order valence-electron chi connectivity index (χ4n) is 2.35. The highest BCUT2D eigenvalue weighted by Gasteiger charge is 2.25. The van der Waals surface area contributed by atoms with Gasteiger partial charge in [0.05, 0.1) is 50.1 Å². The van der Waals surface area contributed by atoms with Crippen molar-refractivity contribution >= 4 is 28.9 Å². The number of carbonyl (C=O) groups is 1. The van der Waals surface area contributed by atoms with E-state index in [4.69, 9.17) is 30.5 Å². The minimum absolute atomic E-state index is 0.131. The molecule has 0 aliphatic heterocycles. The number of nitro benzene ring substituents is 1. The molecule has 1 N–H and O–H groups in total. The van der Waals surface area contributed by atoms with Gasteiger partial charge in [0.1, 0.15) is 17.1 Å². The van der Waals surface area contributed by atoms with Crippen LogP contribution in [0.5, 0.6) is 23.0 Å². The Hall–Kier alpha value is -3.20. The van der Waals surface area contributed by atoms with Gasteiger partial charge in [0.25, 0.3) is 11.6 Å². The second kappa shape index (κ2) is 8.45. The summed E-state index contributed by atoms with van der Waals surface area (Å²) in [4.78, 5) is 23.4. The summed E-state index contributed by atoms with van der Waals surface area (Å²) in [7, 11) is 5.51. The van der Waals surface area contributed by atoms with E-state index >= 15 is 0 Å². The summed E-state index contributed by atoms with van der Waals surface area (Å²) in [5.41, 5.74) is -0.425. The smallest absolute Gasteiger partial charge is 0.286 e. The topological polar surface area (TPSA) is 109 Å². The Morgan fingerprint density at radius 1 is 0.926 bits per heavy atom. The second-order valence-corrected chi connectivity index (χ2v) is 5.53. The van der Waals surface area contributed by atoms with Crippen LogP contribution in [-0.4, -0.2) is 39.3 Å². The van der Waals surface area contributed by atoms with Gasteiger partial charge in [0, 0.05) is 18.2 Å². The zero-order valence-electron chi connectivity index (χ0n) is 15.0. The molecule has 0 saturated heterocycles. The highest BCUT2D eigenvalue weighted by Crippen LogP contribution is 2.38. The maximum atomic E-state index is 12.7. The Morgan fingerprint density at radius 3 is 2.00 bits per heavy atom. The second-order valence-electron chi connectivity index (χ2n) is 5.12. The third-order valence-electron chi connectivity index (χ3n) is 3.67. The molecule has 0 atom stereocenters. The van der Waals surface area contributed by atoms with Crippen LogP contribution in [0.3, 0.4) is 0 Å². The number of methoxy groups -OCH3 is 4. The fraction of sp³-hybridized carbons (Fsp3) is 0.235. The zero-order valence-corrected chi connectivity index (χ0v) is 15.7. The lowest BCUT2D eigenvalue weighted by molar-refractivity contribution is -0.385. The molecular weight excluding hydrogens is 380 g/mol. The number of amides is 1. The molecule has 144 valence electrons. The molecule has 0 fully saturated rings. The van der Waals surface area contributed by atoms with Crippen LogP contribution >= 0.6 is 11.6 Å². The molecule has 0 bridgehead atoms. The van der Waals surface area contributed by atoms with Crippen molar-refractivity contribution in [1.29, 1.82) is 0 Å². The van der Waals surface area contributed by atoms with Crippen LogP contribution in [0.4, 0.5) is 11.4 Å². The number of ether oxygens (including phenoxy) is 4. The molecule has 27 heavy (non-hydrogen) atoms. The first kappa shape index (κ1) is 20.1. The number of benzene rings is 2. The summed E-state index contributed by atoms with van der Waals surface area (Å²) in [6, 6.07) is 5.25. The molecule has 0 radical (unpaired) electrons. The van der Waals surface area contributed by atoms with Gasteiger partial charge < -0.3 is 24.3 Å². The van der Waals surface area contributed by atoms with Crippen LogP contribution in [0.2, 0.25) is 5.02 Å². The van der Waals surface area contributed by atoms with E-state index < -0.39 is 16.5 Å². The molecular formula is C17H17ClN2O7. The molecule has 0 aliphatic rings. The van der Waals surface area contributed by atoms with Gasteiger partial charge in [-0.1, -0.05) is 11.6 Å². The number of anilines is 1. The van der Waals surface area contributed by atoms with Gasteiger partial charge in [-0.05, 0) is 0 Å². The summed E-state index contributed by atoms with van der Waals surface area (Å²) in [5, 5.41) is 14.2. The summed E-state index contributed by atoms with van der Waals surface area (Å²) < 4.78 is 20.5. The maximum absolute atomic E-state index is 12.7. The number of hydrogen-bond donors (Lipinski definition) is 1. The summed E-state index contributed by atoms with van der Waals surface area (Å²) >= 11 is 6.04. The first-order valence-electron chi connectivity index (χ1n) is 7.49. The molecule has 0 saturated carbocycles. The molecule has 0 spiro atoms. The van der Waals surface area contributed by atoms with E-state index in [1.807, 2.05) is 0 Å². The van der Waals surface area contributed by atoms with Gasteiger partial charge in [0.2, 0.25) is 0 Å². The molecule has 0 unspecified atom stereocenters. The van der Waals surface area contributed by atoms with Crippen molar-refractivity contribution < 1.29 is 28.7 Å². The average Bonchev–Trinajstić information content (AvgIpc) is 2.67. The van der Waals surface area contributed by atoms with Crippen molar-refractivity contribution in [3.63, 3.8) is 0 Å². The van der Waals surface area contributed by atoms with Gasteiger partial charge in [-0.2, -0.15) is 0 Å². The van der Waals surface area contributed by atoms with Crippen LogP contribution in [0.25, 0.3) is 0 Å². The number of halogens is 1. The van der Waals surface area contributed by atoms with Crippen molar-refractivity contribution in [3.8, 4) is 23.0 Å². The quantitative estimate of drug-likeness (QED) is 0.563. The Kier molecular flexibility index (Phi) is 6.30. The molecule has 2 rings (SSSR count). The van der Waals surface area contributed by atoms with Gasteiger partial charge in [-0.15, -0.1) is 0 Å². The van der Waals surface area contributed by atoms with E-state index in [2.05, 4.69) is 5.32 Å². The normalized spacial score (nSPS) is 10.1. The van der Waals surface area contributed by atoms with Crippen LogP contribution < -0.4 is 24.3 Å². The monoisotopic (exact) mass is 396 g/mol. The van der Waals surface area contributed by atoms with Crippen molar-refractivity contribution in [2.45, 2.75) is 0 Å². The van der Waals surface area contributed by atoms with E-state index in [0.29, 0.717) is 5.75 Å². The van der Waals surface area contributed by atoms with Crippen LogP contribution in [0.15, 0.2) is 24.3 Å². The van der Waals surface area contributed by atoms with Crippen molar-refractivity contribution in [1.82, 2.24) is 0 Å². The predicted molar refractivity (Wildman–Crippen MR) is 98.7 cm³/mol. The number of rotatable bonds is 7. The van der Waals surface area contributed by atoms with Crippen molar-refractivity contribution in [2.24, 2.45) is 0 Å². The maximum Gasteiger partial charge on any atom is 0.286 e. The van der Waals surface area contributed by atoms with E-state index in [1.54, 1.807) is 0 Å². The number of nitrogens with zero attached hydrogens (tertiary/aromatic N) is 1. The Labute approximate surface area is 159 Å². The van der Waals surface area contributed by atoms with E-state index in [0.717, 1.165) is 6.07 Å². The summed E-state index contributed by atoms with van der Waals surface area (Å²) in [6.45, 7) is 0. The van der Waals surface area contributed by atoms with E-state index in [-0.39, 0.29) is 33.5 Å². The predicted octanol–water partition coefficient (Wildman–Crippen LogP) is 3.53. The highest BCUT2D eigenvalue weighted by molar-refractivity contribution is 6.32. The third-order valence-corrected chi connectivity index (χ3v) is 3.96. The highest BCUT2D eigenvalue weighted by atomic mass is 35.5. The molecule has 9 nitrogen and oxygen atoms in total. The van der Waals surface area contributed by atoms with Gasteiger partial charge in [-0.25, -0.2) is 0 Å². The van der Waals surface area contributed by atoms with Crippen molar-refractivity contribution in [2.75, 3.05) is 33.8 Å². The Bertz CT molecular complexity index is 886. The summed E-state index contributed by atoms with van der Waals surface area (Å²) in [6.07, 6.45) is 0. The minimum atomic E-state index is -0.745. The first-order chi connectivity index (χ1) is 12.9.